The Morgan fingerprint density at radius 1 is 0.829 bits per heavy atom. The molecule has 5 rings (SSSR count). The average Bonchev–Trinajstić information content (AvgIpc) is 3.01. The highest BCUT2D eigenvalue weighted by Crippen LogP contribution is 2.28. The maximum Gasteiger partial charge on any atom is 0.251 e. The zero-order valence-electron chi connectivity index (χ0n) is 22.2. The maximum atomic E-state index is 12.8. The number of carbonyl (C=O) groups excluding carboxylic acids is 2. The lowest BCUT2D eigenvalue weighted by Gasteiger charge is -2.18. The van der Waals surface area contributed by atoms with Gasteiger partial charge in [-0.25, -0.2) is 5.43 Å². The number of rotatable bonds is 10. The van der Waals surface area contributed by atoms with Crippen molar-refractivity contribution in [3.63, 3.8) is 0 Å². The number of hydrazone groups is 1. The summed E-state index contributed by atoms with van der Waals surface area (Å²) in [7, 11) is 0. The maximum absolute atomic E-state index is 12.8. The van der Waals surface area contributed by atoms with Crippen LogP contribution < -0.4 is 15.5 Å². The van der Waals surface area contributed by atoms with Crippen LogP contribution in [0.3, 0.4) is 0 Å². The Labute approximate surface area is 247 Å². The quantitative estimate of drug-likeness (QED) is 0.130. The van der Waals surface area contributed by atoms with Crippen molar-refractivity contribution in [2.75, 3.05) is 0 Å². The van der Waals surface area contributed by atoms with E-state index in [4.69, 9.17) is 4.74 Å². The molecule has 5 aromatic rings. The summed E-state index contributed by atoms with van der Waals surface area (Å²) in [5.74, 6) is 0.139. The molecule has 6 nitrogen and oxygen atoms in total. The van der Waals surface area contributed by atoms with Gasteiger partial charge < -0.3 is 10.1 Å². The molecule has 7 heteroatoms. The first-order valence-corrected chi connectivity index (χ1v) is 14.0. The first-order valence-electron chi connectivity index (χ1n) is 13.2. The number of amides is 2. The van der Waals surface area contributed by atoms with Crippen molar-refractivity contribution in [1.29, 1.82) is 0 Å². The normalized spacial score (nSPS) is 11.7. The van der Waals surface area contributed by atoms with Gasteiger partial charge in [0.05, 0.1) is 23.1 Å². The summed E-state index contributed by atoms with van der Waals surface area (Å²) >= 11 is 3.58. The lowest BCUT2D eigenvalue weighted by molar-refractivity contribution is -0.121. The van der Waals surface area contributed by atoms with Gasteiger partial charge in [-0.3, -0.25) is 9.59 Å². The summed E-state index contributed by atoms with van der Waals surface area (Å²) < 4.78 is 6.86. The minimum atomic E-state index is -0.508. The Hall–Kier alpha value is -4.75. The van der Waals surface area contributed by atoms with Gasteiger partial charge in [-0.05, 0) is 73.7 Å². The zero-order chi connectivity index (χ0) is 28.4. The molecule has 0 fully saturated rings. The van der Waals surface area contributed by atoms with Gasteiger partial charge in [0.25, 0.3) is 5.91 Å². The molecular weight excluding hydrogens is 578 g/mol. The molecule has 0 aromatic heterocycles. The lowest BCUT2D eigenvalue weighted by Crippen LogP contribution is -2.32. The molecule has 5 aromatic carbocycles. The zero-order valence-corrected chi connectivity index (χ0v) is 23.8. The van der Waals surface area contributed by atoms with Crippen molar-refractivity contribution in [2.45, 2.75) is 19.1 Å². The molecule has 0 bridgehead atoms. The van der Waals surface area contributed by atoms with E-state index in [9.17, 15) is 9.59 Å². The van der Waals surface area contributed by atoms with Gasteiger partial charge in [0.1, 0.15) is 12.4 Å². The second-order valence-electron chi connectivity index (χ2n) is 9.42. The molecule has 0 aliphatic rings. The first-order chi connectivity index (χ1) is 20.1. The Kier molecular flexibility index (Phi) is 9.19. The fourth-order valence-corrected chi connectivity index (χ4v) is 4.98. The lowest BCUT2D eigenvalue weighted by atomic mass is 10.0. The van der Waals surface area contributed by atoms with E-state index < -0.39 is 6.04 Å². The van der Waals surface area contributed by atoms with Crippen LogP contribution in [0.15, 0.2) is 131 Å². The van der Waals surface area contributed by atoms with Gasteiger partial charge in [0.15, 0.2) is 0 Å². The molecule has 2 N–H and O–H groups in total. The van der Waals surface area contributed by atoms with Gasteiger partial charge in [0, 0.05) is 5.56 Å². The first kappa shape index (κ1) is 27.8. The number of nitrogens with one attached hydrogen (secondary N) is 2. The second-order valence-corrected chi connectivity index (χ2v) is 10.3. The Bertz CT molecular complexity index is 1670. The van der Waals surface area contributed by atoms with E-state index >= 15 is 0 Å². The number of benzene rings is 5. The molecule has 0 aliphatic heterocycles. The summed E-state index contributed by atoms with van der Waals surface area (Å²) in [6, 6.07) is 37.8. The number of halogens is 1. The van der Waals surface area contributed by atoms with E-state index in [1.165, 1.54) is 10.8 Å². The Morgan fingerprint density at radius 2 is 1.54 bits per heavy atom. The van der Waals surface area contributed by atoms with Crippen molar-refractivity contribution in [3.8, 4) is 5.75 Å². The number of fused-ring (bicyclic) bond motifs is 1. The Balaban J connectivity index is 1.18. The molecule has 41 heavy (non-hydrogen) atoms. The molecule has 0 spiro atoms. The van der Waals surface area contributed by atoms with Gasteiger partial charge in [-0.1, -0.05) is 91.0 Å². The third kappa shape index (κ3) is 7.47. The fraction of sp³-hybridized carbons (Fsp3) is 0.0882. The average molecular weight is 607 g/mol. The number of ether oxygens (including phenoxy) is 1. The molecule has 0 unspecified atom stereocenters. The molecule has 0 saturated carbocycles. The van der Waals surface area contributed by atoms with Crippen LogP contribution in [0.5, 0.6) is 5.75 Å². The summed E-state index contributed by atoms with van der Waals surface area (Å²) in [6.45, 7) is 0.437. The number of hydrogen-bond acceptors (Lipinski definition) is 4. The molecule has 204 valence electrons. The molecule has 0 radical (unpaired) electrons. The highest BCUT2D eigenvalue weighted by molar-refractivity contribution is 9.10. The number of hydrogen-bond donors (Lipinski definition) is 2. The predicted molar refractivity (Wildman–Crippen MR) is 166 cm³/mol. The molecule has 2 amide bonds. The minimum absolute atomic E-state index is 0.0323. The van der Waals surface area contributed by atoms with E-state index in [2.05, 4.69) is 56.0 Å². The molecular formula is C34H28BrN3O3. The van der Waals surface area contributed by atoms with Gasteiger partial charge in [-0.15, -0.1) is 0 Å². The molecule has 0 heterocycles. The highest BCUT2D eigenvalue weighted by atomic mass is 79.9. The van der Waals surface area contributed by atoms with Crippen LogP contribution in [0.2, 0.25) is 0 Å². The van der Waals surface area contributed by atoms with Crippen molar-refractivity contribution in [3.05, 3.63) is 148 Å². The Morgan fingerprint density at radius 3 is 2.32 bits per heavy atom. The topological polar surface area (TPSA) is 79.8 Å². The van der Waals surface area contributed by atoms with E-state index in [1.807, 2.05) is 72.8 Å². The van der Waals surface area contributed by atoms with Gasteiger partial charge in [-0.2, -0.15) is 5.10 Å². The summed E-state index contributed by atoms with van der Waals surface area (Å²) in [5, 5.41) is 9.43. The van der Waals surface area contributed by atoms with E-state index in [1.54, 1.807) is 30.5 Å². The number of nitrogens with zero attached hydrogens (tertiary/aromatic N) is 1. The van der Waals surface area contributed by atoms with Gasteiger partial charge >= 0.3 is 0 Å². The molecule has 0 saturated heterocycles. The van der Waals surface area contributed by atoms with Crippen LogP contribution in [-0.4, -0.2) is 18.0 Å². The molecule has 1 atom stereocenters. The third-order valence-electron chi connectivity index (χ3n) is 6.55. The van der Waals surface area contributed by atoms with Gasteiger partial charge in [0.2, 0.25) is 5.91 Å². The van der Waals surface area contributed by atoms with Crippen molar-refractivity contribution in [2.24, 2.45) is 5.10 Å². The largest absolute Gasteiger partial charge is 0.488 e. The standard InChI is InChI=1S/C34H28BrN3O3/c35-30-20-24(18-19-32(30)41-23-28-16-9-15-25-10-7-8-17-29(25)28)22-36-38-33(39)21-31(26-11-3-1-4-12-26)37-34(40)27-13-5-2-6-14-27/h1-20,22,31H,21,23H2,(H,37,40)(H,38,39)/b36-22-/t31-/m1/s1. The van der Waals surface area contributed by atoms with Crippen LogP contribution in [0, 0.1) is 0 Å². The SMILES string of the molecule is O=C(C[C@@H](NC(=O)c1ccccc1)c1ccccc1)N/N=C\c1ccc(OCc2cccc3ccccc23)c(Br)c1. The van der Waals surface area contributed by atoms with E-state index in [0.29, 0.717) is 17.9 Å². The van der Waals surface area contributed by atoms with E-state index in [-0.39, 0.29) is 18.2 Å². The summed E-state index contributed by atoms with van der Waals surface area (Å²) in [4.78, 5) is 25.5. The molecule has 0 aliphatic carbocycles. The van der Waals surface area contributed by atoms with Crippen LogP contribution in [0.25, 0.3) is 10.8 Å². The van der Waals surface area contributed by atoms with Crippen molar-refractivity contribution in [1.82, 2.24) is 10.7 Å². The summed E-state index contributed by atoms with van der Waals surface area (Å²) in [5.41, 5.74) is 5.83. The number of carbonyl (C=O) groups is 2. The third-order valence-corrected chi connectivity index (χ3v) is 7.17. The van der Waals surface area contributed by atoms with Crippen LogP contribution >= 0.6 is 15.9 Å². The predicted octanol–water partition coefficient (Wildman–Crippen LogP) is 7.19. The minimum Gasteiger partial charge on any atom is -0.488 e. The fourth-order valence-electron chi connectivity index (χ4n) is 4.47. The summed E-state index contributed by atoms with van der Waals surface area (Å²) in [6.07, 6.45) is 1.60. The highest BCUT2D eigenvalue weighted by Gasteiger charge is 2.19. The van der Waals surface area contributed by atoms with Crippen LogP contribution in [0.1, 0.15) is 39.5 Å². The van der Waals surface area contributed by atoms with E-state index in [0.717, 1.165) is 21.2 Å². The van der Waals surface area contributed by atoms with Crippen LogP contribution in [-0.2, 0) is 11.4 Å². The smallest absolute Gasteiger partial charge is 0.251 e. The monoisotopic (exact) mass is 605 g/mol. The van der Waals surface area contributed by atoms with Crippen molar-refractivity contribution >= 4 is 44.7 Å². The van der Waals surface area contributed by atoms with Crippen molar-refractivity contribution < 1.29 is 14.3 Å². The second kappa shape index (κ2) is 13.5. The van der Waals surface area contributed by atoms with Crippen LogP contribution in [0.4, 0.5) is 0 Å².